The Morgan fingerprint density at radius 2 is 2.03 bits per heavy atom. The lowest BCUT2D eigenvalue weighted by Gasteiger charge is -2.26. The molecule has 30 heavy (non-hydrogen) atoms. The highest BCUT2D eigenvalue weighted by molar-refractivity contribution is 7.17. The summed E-state index contributed by atoms with van der Waals surface area (Å²) in [5, 5.41) is 17.6. The van der Waals surface area contributed by atoms with Crippen molar-refractivity contribution in [3.63, 3.8) is 0 Å². The SMILES string of the molecule is O/N=c1\cc(-c2cc3sccc3cn2)oc2ccc(CCCN3CCOCC3)cc12. The summed E-state index contributed by atoms with van der Waals surface area (Å²) in [6.07, 6.45) is 3.89. The lowest BCUT2D eigenvalue weighted by molar-refractivity contribution is 0.0375. The van der Waals surface area contributed by atoms with Gasteiger partial charge in [-0.15, -0.1) is 11.3 Å². The van der Waals surface area contributed by atoms with E-state index in [-0.39, 0.29) is 0 Å². The number of benzene rings is 1. The number of ether oxygens (including phenoxy) is 1. The van der Waals surface area contributed by atoms with Crippen LogP contribution in [0.2, 0.25) is 0 Å². The molecule has 1 aliphatic rings. The number of thiophene rings is 1. The van der Waals surface area contributed by atoms with Gasteiger partial charge in [0.2, 0.25) is 0 Å². The van der Waals surface area contributed by atoms with Crippen molar-refractivity contribution >= 4 is 32.4 Å². The number of morpholine rings is 1. The van der Waals surface area contributed by atoms with E-state index in [2.05, 4.69) is 27.2 Å². The topological polar surface area (TPSA) is 71.1 Å². The van der Waals surface area contributed by atoms with Gasteiger partial charge in [0.1, 0.15) is 16.6 Å². The molecule has 0 spiro atoms. The van der Waals surface area contributed by atoms with Crippen LogP contribution >= 0.6 is 11.3 Å². The molecule has 0 radical (unpaired) electrons. The minimum absolute atomic E-state index is 0.495. The third-order valence-corrected chi connectivity index (χ3v) is 6.43. The van der Waals surface area contributed by atoms with E-state index in [1.807, 2.05) is 29.8 Å². The van der Waals surface area contributed by atoms with Gasteiger partial charge < -0.3 is 14.4 Å². The molecule has 0 aliphatic carbocycles. The highest BCUT2D eigenvalue weighted by atomic mass is 32.1. The molecular weight excluding hydrogens is 398 g/mol. The molecule has 6 nitrogen and oxygen atoms in total. The van der Waals surface area contributed by atoms with Crippen LogP contribution in [-0.2, 0) is 11.2 Å². The third-order valence-electron chi connectivity index (χ3n) is 5.55. The van der Waals surface area contributed by atoms with E-state index in [9.17, 15) is 5.21 Å². The zero-order chi connectivity index (χ0) is 20.3. The van der Waals surface area contributed by atoms with Gasteiger partial charge in [0, 0.05) is 40.8 Å². The number of pyridine rings is 1. The van der Waals surface area contributed by atoms with Crippen molar-refractivity contribution in [3.05, 3.63) is 58.9 Å². The van der Waals surface area contributed by atoms with Crippen molar-refractivity contribution in [2.45, 2.75) is 12.8 Å². The summed E-state index contributed by atoms with van der Waals surface area (Å²) in [4.78, 5) is 6.95. The van der Waals surface area contributed by atoms with E-state index in [4.69, 9.17) is 9.15 Å². The summed E-state index contributed by atoms with van der Waals surface area (Å²) in [5.41, 5.74) is 2.62. The van der Waals surface area contributed by atoms with Gasteiger partial charge in [-0.05, 0) is 54.6 Å². The Kier molecular flexibility index (Phi) is 5.48. The second kappa shape index (κ2) is 8.55. The lowest BCUT2D eigenvalue weighted by atomic mass is 10.1. The molecule has 0 atom stereocenters. The second-order valence-corrected chi connectivity index (χ2v) is 8.46. The Labute approximate surface area is 178 Å². The van der Waals surface area contributed by atoms with Crippen molar-refractivity contribution in [2.75, 3.05) is 32.8 Å². The maximum atomic E-state index is 9.63. The maximum absolute atomic E-state index is 9.63. The normalized spacial score (nSPS) is 15.9. The summed E-state index contributed by atoms with van der Waals surface area (Å²) in [6.45, 7) is 4.75. The second-order valence-electron chi connectivity index (χ2n) is 7.51. The largest absolute Gasteiger partial charge is 0.454 e. The average molecular weight is 422 g/mol. The molecule has 1 aromatic carbocycles. The lowest BCUT2D eigenvalue weighted by Crippen LogP contribution is -2.36. The summed E-state index contributed by atoms with van der Waals surface area (Å²) in [6, 6.07) is 11.9. The van der Waals surface area contributed by atoms with Gasteiger partial charge in [0.15, 0.2) is 5.76 Å². The Morgan fingerprint density at radius 3 is 2.90 bits per heavy atom. The smallest absolute Gasteiger partial charge is 0.155 e. The zero-order valence-electron chi connectivity index (χ0n) is 16.6. The number of aromatic nitrogens is 1. The minimum atomic E-state index is 0.495. The van der Waals surface area contributed by atoms with Gasteiger partial charge in [-0.1, -0.05) is 11.2 Å². The highest BCUT2D eigenvalue weighted by Crippen LogP contribution is 2.27. The van der Waals surface area contributed by atoms with Crippen LogP contribution < -0.4 is 5.36 Å². The molecule has 0 amide bonds. The van der Waals surface area contributed by atoms with Gasteiger partial charge in [0.05, 0.1) is 13.2 Å². The first-order chi connectivity index (χ1) is 14.8. The average Bonchev–Trinajstić information content (AvgIpc) is 3.27. The Balaban J connectivity index is 1.40. The van der Waals surface area contributed by atoms with Crippen molar-refractivity contribution in [1.82, 2.24) is 9.88 Å². The predicted molar refractivity (Wildman–Crippen MR) is 118 cm³/mol. The molecular formula is C23H23N3O3S. The molecule has 1 fully saturated rings. The molecule has 0 unspecified atom stereocenters. The first-order valence-corrected chi connectivity index (χ1v) is 11.1. The Bertz CT molecular complexity index is 1240. The molecule has 1 saturated heterocycles. The molecule has 0 saturated carbocycles. The number of aryl methyl sites for hydroxylation is 1. The van der Waals surface area contributed by atoms with Crippen LogP contribution in [0.25, 0.3) is 32.5 Å². The monoisotopic (exact) mass is 421 g/mol. The molecule has 3 aromatic heterocycles. The van der Waals surface area contributed by atoms with E-state index >= 15 is 0 Å². The standard InChI is InChI=1S/C23H23N3O3S/c27-25-19-13-22(20-14-23-17(15-24-20)5-11-30-23)29-21-4-3-16(12-18(19)21)2-1-6-26-7-9-28-10-8-26/h3-5,11-15,27H,1-2,6-10H2/b25-19+. The fraction of sp³-hybridized carbons (Fsp3) is 0.304. The summed E-state index contributed by atoms with van der Waals surface area (Å²) in [7, 11) is 0. The fourth-order valence-corrected chi connectivity index (χ4v) is 4.70. The molecule has 7 heteroatoms. The highest BCUT2D eigenvalue weighted by Gasteiger charge is 2.11. The number of rotatable bonds is 5. The minimum Gasteiger partial charge on any atom is -0.454 e. The zero-order valence-corrected chi connectivity index (χ0v) is 17.4. The Hall–Kier alpha value is -2.74. The van der Waals surface area contributed by atoms with Gasteiger partial charge in [0.25, 0.3) is 0 Å². The molecule has 154 valence electrons. The quantitative estimate of drug-likeness (QED) is 0.385. The van der Waals surface area contributed by atoms with Crippen molar-refractivity contribution in [2.24, 2.45) is 5.16 Å². The first kappa shape index (κ1) is 19.2. The number of hydrogen-bond donors (Lipinski definition) is 1. The summed E-state index contributed by atoms with van der Waals surface area (Å²) < 4.78 is 12.7. The molecule has 4 heterocycles. The van der Waals surface area contributed by atoms with E-state index < -0.39 is 0 Å². The summed E-state index contributed by atoms with van der Waals surface area (Å²) in [5.74, 6) is 0.589. The van der Waals surface area contributed by atoms with Crippen LogP contribution in [0.5, 0.6) is 0 Å². The van der Waals surface area contributed by atoms with Crippen LogP contribution in [0.15, 0.2) is 57.5 Å². The number of fused-ring (bicyclic) bond motifs is 2. The van der Waals surface area contributed by atoms with E-state index in [1.54, 1.807) is 17.4 Å². The van der Waals surface area contributed by atoms with Gasteiger partial charge in [-0.2, -0.15) is 0 Å². The maximum Gasteiger partial charge on any atom is 0.155 e. The van der Waals surface area contributed by atoms with Gasteiger partial charge >= 0.3 is 0 Å². The van der Waals surface area contributed by atoms with E-state index in [0.717, 1.165) is 66.9 Å². The Morgan fingerprint density at radius 1 is 1.13 bits per heavy atom. The molecule has 1 N–H and O–H groups in total. The molecule has 1 aliphatic heterocycles. The van der Waals surface area contributed by atoms with Crippen LogP contribution in [0.1, 0.15) is 12.0 Å². The number of hydrogen-bond acceptors (Lipinski definition) is 7. The predicted octanol–water partition coefficient (Wildman–Crippen LogP) is 4.26. The summed E-state index contributed by atoms with van der Waals surface area (Å²) >= 11 is 1.66. The van der Waals surface area contributed by atoms with Crippen molar-refractivity contribution in [3.8, 4) is 11.5 Å². The third kappa shape index (κ3) is 3.96. The van der Waals surface area contributed by atoms with Gasteiger partial charge in [-0.3, -0.25) is 9.88 Å². The number of nitrogens with zero attached hydrogens (tertiary/aromatic N) is 3. The van der Waals surface area contributed by atoms with E-state index in [0.29, 0.717) is 16.7 Å². The molecule has 5 rings (SSSR count). The van der Waals surface area contributed by atoms with Crippen LogP contribution in [-0.4, -0.2) is 47.9 Å². The van der Waals surface area contributed by atoms with Crippen molar-refractivity contribution in [1.29, 1.82) is 0 Å². The fourth-order valence-electron chi connectivity index (χ4n) is 3.90. The first-order valence-electron chi connectivity index (χ1n) is 10.2. The van der Waals surface area contributed by atoms with Crippen LogP contribution in [0.4, 0.5) is 0 Å². The van der Waals surface area contributed by atoms with Crippen LogP contribution in [0, 0.1) is 0 Å². The van der Waals surface area contributed by atoms with Gasteiger partial charge in [-0.25, -0.2) is 0 Å². The molecule has 4 aromatic rings. The molecule has 0 bridgehead atoms. The van der Waals surface area contributed by atoms with E-state index in [1.165, 1.54) is 5.56 Å². The van der Waals surface area contributed by atoms with Crippen molar-refractivity contribution < 1.29 is 14.4 Å². The van der Waals surface area contributed by atoms with Crippen LogP contribution in [0.3, 0.4) is 0 Å².